The summed E-state index contributed by atoms with van der Waals surface area (Å²) in [5.41, 5.74) is 2.22. The minimum atomic E-state index is -0.0409. The Kier molecular flexibility index (Phi) is 3.19. The number of Topliss-reactive ketones (excluding diaryl/α,β-unsaturated/α-hetero) is 1. The zero-order chi connectivity index (χ0) is 12.3. The molecule has 2 aromatic rings. The molecule has 0 unspecified atom stereocenters. The first-order valence-corrected chi connectivity index (χ1v) is 5.44. The van der Waals surface area contributed by atoms with Gasteiger partial charge in [-0.3, -0.25) is 4.79 Å². The molecule has 0 aliphatic heterocycles. The fourth-order valence-corrected chi connectivity index (χ4v) is 1.61. The molecule has 0 fully saturated rings. The van der Waals surface area contributed by atoms with Crippen molar-refractivity contribution in [3.05, 3.63) is 70.7 Å². The number of aryl methyl sites for hydroxylation is 1. The third-order valence-corrected chi connectivity index (χ3v) is 2.62. The molecule has 0 aliphatic carbocycles. The number of benzene rings is 1. The number of rotatable bonds is 3. The van der Waals surface area contributed by atoms with Gasteiger partial charge in [0.1, 0.15) is 0 Å². The summed E-state index contributed by atoms with van der Waals surface area (Å²) in [6.07, 6.45) is 1.53. The van der Waals surface area contributed by atoms with Crippen molar-refractivity contribution >= 4 is 5.78 Å². The van der Waals surface area contributed by atoms with Gasteiger partial charge in [0.05, 0.1) is 6.42 Å². The highest BCUT2D eigenvalue weighted by Gasteiger charge is 2.12. The number of hydrogen-bond donors (Lipinski definition) is 0. The highest BCUT2D eigenvalue weighted by molar-refractivity contribution is 5.97. The van der Waals surface area contributed by atoms with Gasteiger partial charge in [0.25, 0.3) is 0 Å². The molecule has 0 N–H and O–H groups in total. The van der Waals surface area contributed by atoms with Crippen LogP contribution in [0.25, 0.3) is 0 Å². The second-order valence-electron chi connectivity index (χ2n) is 3.98. The predicted octanol–water partition coefficient (Wildman–Crippen LogP) is 2.05. The SMILES string of the molecule is Cc1ccc(C(=O)Cc2cccc[n+]2[O-])cc1. The summed E-state index contributed by atoms with van der Waals surface area (Å²) in [6.45, 7) is 1.97. The first-order chi connectivity index (χ1) is 8.16. The van der Waals surface area contributed by atoms with Crippen LogP contribution in [0.5, 0.6) is 0 Å². The fraction of sp³-hybridized carbons (Fsp3) is 0.143. The van der Waals surface area contributed by atoms with E-state index in [0.717, 1.165) is 10.3 Å². The maximum absolute atomic E-state index is 11.9. The molecular formula is C14H13NO2. The molecule has 1 aromatic heterocycles. The lowest BCUT2D eigenvalue weighted by atomic mass is 10.0. The quantitative estimate of drug-likeness (QED) is 0.457. The third kappa shape index (κ3) is 2.69. The van der Waals surface area contributed by atoms with Crippen molar-refractivity contribution in [1.82, 2.24) is 0 Å². The summed E-state index contributed by atoms with van der Waals surface area (Å²) >= 11 is 0. The van der Waals surface area contributed by atoms with Crippen LogP contribution in [0.4, 0.5) is 0 Å². The number of ketones is 1. The number of nitrogens with zero attached hydrogens (tertiary/aromatic N) is 1. The van der Waals surface area contributed by atoms with Crippen LogP contribution in [0.1, 0.15) is 21.6 Å². The molecular weight excluding hydrogens is 214 g/mol. The lowest BCUT2D eigenvalue weighted by molar-refractivity contribution is -0.613. The minimum Gasteiger partial charge on any atom is -0.618 e. The highest BCUT2D eigenvalue weighted by atomic mass is 16.5. The summed E-state index contributed by atoms with van der Waals surface area (Å²) < 4.78 is 0.728. The zero-order valence-electron chi connectivity index (χ0n) is 9.59. The Morgan fingerprint density at radius 3 is 2.53 bits per heavy atom. The van der Waals surface area contributed by atoms with Crippen LogP contribution < -0.4 is 4.73 Å². The molecule has 0 saturated carbocycles. The Labute approximate surface area is 99.9 Å². The van der Waals surface area contributed by atoms with Gasteiger partial charge in [-0.25, -0.2) is 0 Å². The van der Waals surface area contributed by atoms with Crippen LogP contribution in [0.3, 0.4) is 0 Å². The number of aromatic nitrogens is 1. The predicted molar refractivity (Wildman–Crippen MR) is 64.6 cm³/mol. The molecule has 17 heavy (non-hydrogen) atoms. The molecule has 0 atom stereocenters. The van der Waals surface area contributed by atoms with E-state index in [-0.39, 0.29) is 12.2 Å². The van der Waals surface area contributed by atoms with Gasteiger partial charge in [0, 0.05) is 17.7 Å². The van der Waals surface area contributed by atoms with Gasteiger partial charge < -0.3 is 5.21 Å². The van der Waals surface area contributed by atoms with Crippen molar-refractivity contribution in [2.75, 3.05) is 0 Å². The Morgan fingerprint density at radius 2 is 1.88 bits per heavy atom. The van der Waals surface area contributed by atoms with E-state index in [1.54, 1.807) is 30.3 Å². The van der Waals surface area contributed by atoms with Crippen molar-refractivity contribution in [1.29, 1.82) is 0 Å². The van der Waals surface area contributed by atoms with E-state index >= 15 is 0 Å². The maximum Gasteiger partial charge on any atom is 0.200 e. The van der Waals surface area contributed by atoms with Crippen LogP contribution in [0, 0.1) is 12.1 Å². The van der Waals surface area contributed by atoms with Crippen molar-refractivity contribution in [3.8, 4) is 0 Å². The normalized spacial score (nSPS) is 10.2. The molecule has 2 rings (SSSR count). The van der Waals surface area contributed by atoms with Crippen molar-refractivity contribution < 1.29 is 9.52 Å². The van der Waals surface area contributed by atoms with Crippen molar-refractivity contribution in [2.45, 2.75) is 13.3 Å². The topological polar surface area (TPSA) is 44.0 Å². The highest BCUT2D eigenvalue weighted by Crippen LogP contribution is 2.06. The standard InChI is InChI=1S/C14H13NO2/c1-11-5-7-12(8-6-11)14(16)10-13-4-2-3-9-15(13)17/h2-9H,10H2,1H3. The van der Waals surface area contributed by atoms with Gasteiger partial charge in [0.15, 0.2) is 12.0 Å². The Morgan fingerprint density at radius 1 is 1.18 bits per heavy atom. The molecule has 1 aromatic carbocycles. The zero-order valence-corrected chi connectivity index (χ0v) is 9.59. The summed E-state index contributed by atoms with van der Waals surface area (Å²) in [6, 6.07) is 12.4. The molecule has 0 spiro atoms. The number of pyridine rings is 1. The average Bonchev–Trinajstić information content (AvgIpc) is 2.33. The van der Waals surface area contributed by atoms with E-state index < -0.39 is 0 Å². The number of carbonyl (C=O) groups excluding carboxylic acids is 1. The Bertz CT molecular complexity index is 532. The third-order valence-electron chi connectivity index (χ3n) is 2.62. The first kappa shape index (κ1) is 11.3. The average molecular weight is 227 g/mol. The lowest BCUT2D eigenvalue weighted by Crippen LogP contribution is -2.32. The first-order valence-electron chi connectivity index (χ1n) is 5.44. The Hall–Kier alpha value is -2.16. The van der Waals surface area contributed by atoms with Crippen LogP contribution in [-0.2, 0) is 6.42 Å². The van der Waals surface area contributed by atoms with Crippen LogP contribution >= 0.6 is 0 Å². The van der Waals surface area contributed by atoms with Gasteiger partial charge in [0.2, 0.25) is 5.69 Å². The molecule has 0 amide bonds. The molecule has 86 valence electrons. The summed E-state index contributed by atoms with van der Waals surface area (Å²) in [7, 11) is 0. The molecule has 0 saturated heterocycles. The summed E-state index contributed by atoms with van der Waals surface area (Å²) in [5.74, 6) is -0.0409. The van der Waals surface area contributed by atoms with E-state index in [2.05, 4.69) is 0 Å². The fourth-order valence-electron chi connectivity index (χ4n) is 1.61. The molecule has 0 bridgehead atoms. The second kappa shape index (κ2) is 4.78. The van der Waals surface area contributed by atoms with Gasteiger partial charge in [-0.05, 0) is 13.0 Å². The molecule has 3 heteroatoms. The summed E-state index contributed by atoms with van der Waals surface area (Å²) in [5, 5.41) is 11.4. The lowest BCUT2D eigenvalue weighted by Gasteiger charge is -2.03. The maximum atomic E-state index is 11.9. The van der Waals surface area contributed by atoms with Crippen LogP contribution in [-0.4, -0.2) is 5.78 Å². The monoisotopic (exact) mass is 227 g/mol. The van der Waals surface area contributed by atoms with E-state index in [0.29, 0.717) is 11.3 Å². The van der Waals surface area contributed by atoms with Crippen molar-refractivity contribution in [3.63, 3.8) is 0 Å². The van der Waals surface area contributed by atoms with Crippen LogP contribution in [0.2, 0.25) is 0 Å². The molecule has 0 aliphatic rings. The number of carbonyl (C=O) groups is 1. The van der Waals surface area contributed by atoms with Gasteiger partial charge >= 0.3 is 0 Å². The van der Waals surface area contributed by atoms with Gasteiger partial charge in [-0.15, -0.1) is 0 Å². The van der Waals surface area contributed by atoms with E-state index in [1.165, 1.54) is 6.20 Å². The molecule has 3 nitrogen and oxygen atoms in total. The minimum absolute atomic E-state index is 0.0409. The Balaban J connectivity index is 2.17. The summed E-state index contributed by atoms with van der Waals surface area (Å²) in [4.78, 5) is 11.9. The van der Waals surface area contributed by atoms with E-state index in [9.17, 15) is 10.0 Å². The van der Waals surface area contributed by atoms with Gasteiger partial charge in [-0.1, -0.05) is 29.8 Å². The largest absolute Gasteiger partial charge is 0.618 e. The second-order valence-corrected chi connectivity index (χ2v) is 3.98. The van der Waals surface area contributed by atoms with Gasteiger partial charge in [-0.2, -0.15) is 4.73 Å². The smallest absolute Gasteiger partial charge is 0.200 e. The number of hydrogen-bond acceptors (Lipinski definition) is 2. The molecule has 1 heterocycles. The van der Waals surface area contributed by atoms with Crippen LogP contribution in [0.15, 0.2) is 48.7 Å². The van der Waals surface area contributed by atoms with E-state index in [1.807, 2.05) is 19.1 Å². The molecule has 0 radical (unpaired) electrons. The van der Waals surface area contributed by atoms with E-state index in [4.69, 9.17) is 0 Å². The van der Waals surface area contributed by atoms with Crippen molar-refractivity contribution in [2.24, 2.45) is 0 Å².